The summed E-state index contributed by atoms with van der Waals surface area (Å²) in [7, 11) is 0. The van der Waals surface area contributed by atoms with E-state index in [-0.39, 0.29) is 16.2 Å². The maximum Gasteiger partial charge on any atom is 0.105 e. The number of rotatable bonds is 11. The summed E-state index contributed by atoms with van der Waals surface area (Å²) in [6.45, 7) is 14.3. The van der Waals surface area contributed by atoms with Crippen molar-refractivity contribution < 1.29 is 0 Å². The SMILES string of the molecule is CC1(C)c2ccccc2-c2ccc(N(c3ccc(-c4c#cc5c(c4)c4ccccc4n5-c4ccccc4)cc3)c3ccc4c(c3)C(C)(C)c3cc(-c5ccc6c7c(n(-c8ccccc8)c6c5)CCC(c5ccc(N(c6ccccc6)c6ccc8c(c6)C(C)(C)c6ccccc6-8)c6ccccc56)=C7)ccc3-4)cc21. The zero-order valence-electron chi connectivity index (χ0n) is 60.9. The Morgan fingerprint density at radius 2 is 0.748 bits per heavy atom. The van der Waals surface area contributed by atoms with Gasteiger partial charge in [-0.3, -0.25) is 0 Å². The Morgan fingerprint density at radius 3 is 1.38 bits per heavy atom. The standard InChI is InChI=1S/C103H76N4/c1-101(2)90-35-21-18-31-79(90)82-51-46-74(62-93(82)101)104(73-44-38-65(39-45-73)66-42-55-98-88(58-66)86-34-20-23-37-96(86)106(98)71-26-12-8-13-27-71)75-47-52-84-81-49-40-67(60-92(81)103(5,6)95(84)63-75)68-41-50-87-89-59-69(43-56-99(89)107(100(87)61-68)72-28-14-9-15-29-72)77-54-57-97(85-33-17-16-30-78(77)85)105(70-24-10-7-11-25-70)76-48-53-83-80-32-19-22-36-91(80)102(3,4)94(83)64-76/h7-41,44-54,57-64H,43,56H2,1-6H3. The van der Waals surface area contributed by atoms with Crippen LogP contribution in [0.5, 0.6) is 0 Å². The molecule has 15 aromatic carbocycles. The van der Waals surface area contributed by atoms with Gasteiger partial charge in [-0.2, -0.15) is 0 Å². The van der Waals surface area contributed by atoms with Crippen LogP contribution in [-0.4, -0.2) is 9.13 Å². The van der Waals surface area contributed by atoms with Crippen molar-refractivity contribution in [2.45, 2.75) is 70.6 Å². The number of allylic oxidation sites excluding steroid dienone is 1. The van der Waals surface area contributed by atoms with E-state index in [4.69, 9.17) is 0 Å². The van der Waals surface area contributed by atoms with Crippen LogP contribution >= 0.6 is 0 Å². The van der Waals surface area contributed by atoms with Crippen LogP contribution in [0.2, 0.25) is 0 Å². The lowest BCUT2D eigenvalue weighted by Crippen LogP contribution is -2.18. The second kappa shape index (κ2) is 23.5. The Bertz CT molecular complexity index is 6580. The molecule has 4 aliphatic carbocycles. The molecule has 4 heteroatoms. The number of anilines is 6. The van der Waals surface area contributed by atoms with E-state index in [2.05, 4.69) is 400 Å². The third-order valence-electron chi connectivity index (χ3n) is 24.4. The van der Waals surface area contributed by atoms with E-state index < -0.39 is 0 Å². The van der Waals surface area contributed by atoms with Gasteiger partial charge in [0.1, 0.15) is 5.52 Å². The van der Waals surface area contributed by atoms with Gasteiger partial charge in [-0.15, -0.1) is 0 Å². The number of fused-ring (bicyclic) bond motifs is 16. The van der Waals surface area contributed by atoms with Crippen molar-refractivity contribution in [2.75, 3.05) is 9.80 Å². The summed E-state index contributed by atoms with van der Waals surface area (Å²) in [5.74, 6) is 0. The first kappa shape index (κ1) is 62.6. The molecule has 0 fully saturated rings. The highest BCUT2D eigenvalue weighted by atomic mass is 15.1. The van der Waals surface area contributed by atoms with Crippen LogP contribution in [-0.2, 0) is 22.7 Å². The quantitative estimate of drug-likeness (QED) is 0.128. The van der Waals surface area contributed by atoms with Crippen LogP contribution in [0.25, 0.3) is 122 Å². The molecule has 0 aliphatic heterocycles. The maximum atomic E-state index is 3.63. The first-order valence-electron chi connectivity index (χ1n) is 37.8. The molecule has 0 amide bonds. The number of benzene rings is 14. The van der Waals surface area contributed by atoms with E-state index in [9.17, 15) is 0 Å². The normalized spacial score (nSPS) is 14.4. The van der Waals surface area contributed by atoms with Crippen LogP contribution in [0.15, 0.2) is 322 Å². The lowest BCUT2D eigenvalue weighted by atomic mass is 9.81. The molecule has 2 aromatic heterocycles. The van der Waals surface area contributed by atoms with Gasteiger partial charge < -0.3 is 18.9 Å². The molecule has 4 nitrogen and oxygen atoms in total. The second-order valence-corrected chi connectivity index (χ2v) is 31.3. The Morgan fingerprint density at radius 1 is 0.290 bits per heavy atom. The minimum Gasteiger partial charge on any atom is -0.313 e. The Labute approximate surface area is 625 Å². The first-order valence-corrected chi connectivity index (χ1v) is 37.8. The van der Waals surface area contributed by atoms with E-state index in [1.165, 1.54) is 133 Å². The van der Waals surface area contributed by atoms with Crippen molar-refractivity contribution in [1.82, 2.24) is 9.13 Å². The minimum atomic E-state index is -0.314. The molecule has 0 atom stereocenters. The second-order valence-electron chi connectivity index (χ2n) is 31.3. The Hall–Kier alpha value is -12.9. The third-order valence-corrected chi connectivity index (χ3v) is 24.4. The zero-order valence-corrected chi connectivity index (χ0v) is 60.9. The summed E-state index contributed by atoms with van der Waals surface area (Å²) in [5, 5.41) is 6.11. The van der Waals surface area contributed by atoms with Crippen molar-refractivity contribution in [1.29, 1.82) is 0 Å². The van der Waals surface area contributed by atoms with Gasteiger partial charge in [0.25, 0.3) is 0 Å². The third kappa shape index (κ3) is 9.50. The van der Waals surface area contributed by atoms with Crippen LogP contribution in [0.1, 0.15) is 98.2 Å². The van der Waals surface area contributed by atoms with Gasteiger partial charge in [0.15, 0.2) is 0 Å². The van der Waals surface area contributed by atoms with Crippen LogP contribution in [0.3, 0.4) is 0 Å². The fraction of sp³-hybridized carbons (Fsp3) is 0.107. The molecule has 0 spiro atoms. The van der Waals surface area contributed by atoms with Gasteiger partial charge in [-0.25, -0.2) is 0 Å². The summed E-state index contributed by atoms with van der Waals surface area (Å²) in [6.07, 6.45) is 4.35. The zero-order chi connectivity index (χ0) is 71.6. The molecule has 2 heterocycles. The lowest BCUT2D eigenvalue weighted by molar-refractivity contribution is 0.660. The molecular formula is C103H76N4. The van der Waals surface area contributed by atoms with Crippen molar-refractivity contribution in [3.05, 3.63) is 384 Å². The number of hydrogen-bond acceptors (Lipinski definition) is 2. The molecule has 21 rings (SSSR count). The van der Waals surface area contributed by atoms with Gasteiger partial charge >= 0.3 is 0 Å². The van der Waals surface area contributed by atoms with Gasteiger partial charge in [0.2, 0.25) is 0 Å². The van der Waals surface area contributed by atoms with Crippen molar-refractivity contribution >= 4 is 89.3 Å². The van der Waals surface area contributed by atoms with Crippen molar-refractivity contribution in [3.8, 4) is 67.0 Å². The molecule has 107 heavy (non-hydrogen) atoms. The van der Waals surface area contributed by atoms with Gasteiger partial charge in [0.05, 0.1) is 16.7 Å². The number of hydrogen-bond donors (Lipinski definition) is 0. The molecule has 0 unspecified atom stereocenters. The summed E-state index contributed by atoms with van der Waals surface area (Å²) in [5.41, 5.74) is 37.7. The molecule has 0 N–H and O–H groups in total. The van der Waals surface area contributed by atoms with Gasteiger partial charge in [-0.1, -0.05) is 254 Å². The molecule has 0 saturated heterocycles. The fourth-order valence-electron chi connectivity index (χ4n) is 19.1. The van der Waals surface area contributed by atoms with E-state index in [1.54, 1.807) is 0 Å². The largest absolute Gasteiger partial charge is 0.313 e. The van der Waals surface area contributed by atoms with E-state index >= 15 is 0 Å². The van der Waals surface area contributed by atoms with Crippen LogP contribution < -0.4 is 9.80 Å². The highest BCUT2D eigenvalue weighted by Crippen LogP contribution is 2.56. The molecule has 0 saturated carbocycles. The van der Waals surface area contributed by atoms with E-state index in [0.717, 1.165) is 80.2 Å². The number of aromatic nitrogens is 2. The molecule has 0 radical (unpaired) electrons. The minimum absolute atomic E-state index is 0.127. The monoisotopic (exact) mass is 1370 g/mol. The average molecular weight is 1370 g/mol. The maximum absolute atomic E-state index is 3.63. The predicted molar refractivity (Wildman–Crippen MR) is 448 cm³/mol. The summed E-state index contributed by atoms with van der Waals surface area (Å²) >= 11 is 0. The van der Waals surface area contributed by atoms with Gasteiger partial charge in [0, 0.05) is 94.4 Å². The number of nitrogens with zero attached hydrogens (tertiary/aromatic N) is 4. The van der Waals surface area contributed by atoms with Crippen molar-refractivity contribution in [3.63, 3.8) is 0 Å². The summed E-state index contributed by atoms with van der Waals surface area (Å²) in [6, 6.07) is 127. The predicted octanol–water partition coefficient (Wildman–Crippen LogP) is 27.2. The van der Waals surface area contributed by atoms with E-state index in [0.29, 0.717) is 0 Å². The van der Waals surface area contributed by atoms with Crippen LogP contribution in [0, 0.1) is 12.1 Å². The average Bonchev–Trinajstić information content (AvgIpc) is 1.66. The molecule has 17 aromatic rings. The van der Waals surface area contributed by atoms with Crippen LogP contribution in [0.4, 0.5) is 34.1 Å². The molecule has 508 valence electrons. The van der Waals surface area contributed by atoms with Crippen molar-refractivity contribution in [2.24, 2.45) is 0 Å². The highest BCUT2D eigenvalue weighted by Gasteiger charge is 2.40. The van der Waals surface area contributed by atoms with E-state index in [1.807, 2.05) is 0 Å². The smallest absolute Gasteiger partial charge is 0.105 e. The molecule has 4 aliphatic rings. The Kier molecular flexibility index (Phi) is 13.8. The summed E-state index contributed by atoms with van der Waals surface area (Å²) < 4.78 is 4.85. The number of para-hydroxylation sites is 4. The topological polar surface area (TPSA) is 16.3 Å². The lowest BCUT2D eigenvalue weighted by Gasteiger charge is -2.30. The molecular weight excluding hydrogens is 1290 g/mol. The summed E-state index contributed by atoms with van der Waals surface area (Å²) in [4.78, 5) is 4.95. The first-order chi connectivity index (χ1) is 52.3. The molecule has 0 bridgehead atoms. The van der Waals surface area contributed by atoms with Gasteiger partial charge in [-0.05, 0) is 240 Å². The Balaban J connectivity index is 0.634. The highest BCUT2D eigenvalue weighted by molar-refractivity contribution is 6.11. The fourth-order valence-corrected chi connectivity index (χ4v) is 19.1.